The average molecular weight is 473 g/mol. The van der Waals surface area contributed by atoms with E-state index in [-0.39, 0.29) is 4.90 Å². The minimum atomic E-state index is -3.64. The third kappa shape index (κ3) is 4.57. The van der Waals surface area contributed by atoms with Crippen LogP contribution in [0.4, 0.5) is 5.82 Å². The summed E-state index contributed by atoms with van der Waals surface area (Å²) in [6.45, 7) is 4.63. The van der Waals surface area contributed by atoms with E-state index in [0.29, 0.717) is 40.7 Å². The Labute approximate surface area is 193 Å². The third-order valence-corrected chi connectivity index (χ3v) is 7.66. The maximum atomic E-state index is 13.2. The van der Waals surface area contributed by atoms with Gasteiger partial charge in [-0.3, -0.25) is 4.79 Å². The van der Waals surface area contributed by atoms with Crippen LogP contribution in [0.15, 0.2) is 53.4 Å². The number of rotatable bonds is 5. The summed E-state index contributed by atoms with van der Waals surface area (Å²) in [5.74, 6) is 0.0693. The molecule has 32 heavy (non-hydrogen) atoms. The third-order valence-electron chi connectivity index (χ3n) is 5.53. The molecule has 0 radical (unpaired) electrons. The van der Waals surface area contributed by atoms with Gasteiger partial charge in [0.1, 0.15) is 5.82 Å². The minimum absolute atomic E-state index is 0.134. The quantitative estimate of drug-likeness (QED) is 0.589. The number of amides is 1. The summed E-state index contributed by atoms with van der Waals surface area (Å²) in [4.78, 5) is 13.3. The number of sulfonamides is 1. The lowest BCUT2D eigenvalue weighted by atomic mass is 10.1. The number of hydrogen-bond acceptors (Lipinski definition) is 4. The lowest BCUT2D eigenvalue weighted by Crippen LogP contribution is -2.35. The van der Waals surface area contributed by atoms with Crippen LogP contribution in [-0.2, 0) is 10.0 Å². The van der Waals surface area contributed by atoms with Crippen LogP contribution in [-0.4, -0.2) is 41.5 Å². The van der Waals surface area contributed by atoms with Crippen molar-refractivity contribution in [2.45, 2.75) is 38.0 Å². The zero-order valence-corrected chi connectivity index (χ0v) is 19.6. The van der Waals surface area contributed by atoms with Crippen molar-refractivity contribution in [1.82, 2.24) is 14.1 Å². The van der Waals surface area contributed by atoms with Crippen LogP contribution in [0.25, 0.3) is 5.69 Å². The van der Waals surface area contributed by atoms with Gasteiger partial charge in [-0.05, 0) is 62.6 Å². The van der Waals surface area contributed by atoms with Crippen LogP contribution in [0.1, 0.15) is 40.9 Å². The summed E-state index contributed by atoms with van der Waals surface area (Å²) < 4.78 is 29.2. The van der Waals surface area contributed by atoms with Crippen LogP contribution in [0.3, 0.4) is 0 Å². The number of carbonyl (C=O) groups is 1. The molecule has 3 aromatic rings. The van der Waals surface area contributed by atoms with Gasteiger partial charge < -0.3 is 5.32 Å². The fraction of sp³-hybridized carbons (Fsp3) is 0.304. The van der Waals surface area contributed by atoms with Gasteiger partial charge >= 0.3 is 0 Å². The zero-order valence-electron chi connectivity index (χ0n) is 18.0. The molecule has 1 amide bonds. The molecule has 1 fully saturated rings. The first-order valence-electron chi connectivity index (χ1n) is 10.5. The molecule has 1 aliphatic heterocycles. The van der Waals surface area contributed by atoms with Gasteiger partial charge in [0, 0.05) is 29.7 Å². The molecule has 2 aromatic carbocycles. The Hall–Kier alpha value is -2.68. The highest BCUT2D eigenvalue weighted by Crippen LogP contribution is 2.25. The predicted octanol–water partition coefficient (Wildman–Crippen LogP) is 4.57. The summed E-state index contributed by atoms with van der Waals surface area (Å²) in [7, 11) is -3.64. The van der Waals surface area contributed by atoms with Gasteiger partial charge in [0.2, 0.25) is 10.0 Å². The van der Waals surface area contributed by atoms with Gasteiger partial charge in [0.25, 0.3) is 5.91 Å². The molecule has 7 nitrogen and oxygen atoms in total. The fourth-order valence-electron chi connectivity index (χ4n) is 3.84. The Morgan fingerprint density at radius 3 is 2.50 bits per heavy atom. The van der Waals surface area contributed by atoms with E-state index >= 15 is 0 Å². The molecular weight excluding hydrogens is 448 g/mol. The minimum Gasteiger partial charge on any atom is -0.306 e. The van der Waals surface area contributed by atoms with E-state index in [2.05, 4.69) is 10.4 Å². The Bertz CT molecular complexity index is 1260. The van der Waals surface area contributed by atoms with E-state index in [1.807, 2.05) is 13.0 Å². The molecule has 168 valence electrons. The number of carbonyl (C=O) groups excluding carboxylic acids is 1. The summed E-state index contributed by atoms with van der Waals surface area (Å²) in [5, 5.41) is 7.88. The van der Waals surface area contributed by atoms with Crippen LogP contribution < -0.4 is 5.32 Å². The smallest absolute Gasteiger partial charge is 0.257 e. The highest BCUT2D eigenvalue weighted by molar-refractivity contribution is 7.89. The molecule has 0 unspecified atom stereocenters. The zero-order chi connectivity index (χ0) is 22.9. The van der Waals surface area contributed by atoms with Crippen molar-refractivity contribution >= 4 is 33.3 Å². The van der Waals surface area contributed by atoms with Crippen LogP contribution >= 0.6 is 11.6 Å². The first-order valence-corrected chi connectivity index (χ1v) is 12.3. The second-order valence-corrected chi connectivity index (χ2v) is 10.3. The topological polar surface area (TPSA) is 84.3 Å². The van der Waals surface area contributed by atoms with Crippen LogP contribution in [0, 0.1) is 13.8 Å². The van der Waals surface area contributed by atoms with Crippen molar-refractivity contribution in [3.05, 3.63) is 70.4 Å². The highest BCUT2D eigenvalue weighted by Gasteiger charge is 2.27. The number of nitrogens with one attached hydrogen (secondary N) is 1. The lowest BCUT2D eigenvalue weighted by molar-refractivity contribution is 0.102. The molecule has 0 bridgehead atoms. The van der Waals surface area contributed by atoms with Gasteiger partial charge in [-0.25, -0.2) is 13.1 Å². The van der Waals surface area contributed by atoms with Crippen LogP contribution in [0.2, 0.25) is 5.02 Å². The number of piperidine rings is 1. The van der Waals surface area contributed by atoms with Crippen molar-refractivity contribution in [3.8, 4) is 5.69 Å². The Kier molecular flexibility index (Phi) is 6.37. The summed E-state index contributed by atoms with van der Waals surface area (Å²) in [6, 6.07) is 13.6. The van der Waals surface area contributed by atoms with E-state index in [4.69, 9.17) is 11.6 Å². The largest absolute Gasteiger partial charge is 0.306 e. The molecule has 9 heteroatoms. The molecule has 0 aliphatic carbocycles. The maximum Gasteiger partial charge on any atom is 0.257 e. The number of hydrogen-bond donors (Lipinski definition) is 1. The van der Waals surface area contributed by atoms with Gasteiger partial charge in [0.15, 0.2) is 0 Å². The van der Waals surface area contributed by atoms with Crippen molar-refractivity contribution in [1.29, 1.82) is 0 Å². The predicted molar refractivity (Wildman–Crippen MR) is 125 cm³/mol. The van der Waals surface area contributed by atoms with Crippen molar-refractivity contribution < 1.29 is 13.2 Å². The van der Waals surface area contributed by atoms with E-state index in [1.54, 1.807) is 48.0 Å². The molecule has 4 rings (SSSR count). The summed E-state index contributed by atoms with van der Waals surface area (Å²) in [6.07, 6.45) is 2.74. The van der Waals surface area contributed by atoms with Crippen LogP contribution in [0.5, 0.6) is 0 Å². The summed E-state index contributed by atoms with van der Waals surface area (Å²) in [5.41, 5.74) is 2.42. The highest BCUT2D eigenvalue weighted by atomic mass is 35.5. The van der Waals surface area contributed by atoms with Gasteiger partial charge in [-0.2, -0.15) is 9.40 Å². The number of benzene rings is 2. The van der Waals surface area contributed by atoms with Gasteiger partial charge in [-0.1, -0.05) is 30.2 Å². The molecule has 0 atom stereocenters. The second-order valence-electron chi connectivity index (χ2n) is 7.96. The standard InChI is InChI=1S/C23H25ClN4O3S/c1-16-9-10-20(32(30,31)27-11-4-3-5-12-27)15-21(16)23(29)25-22-13-17(2)26-28(22)19-8-6-7-18(24)14-19/h6-10,13-15H,3-5,11-12H2,1-2H3,(H,25,29). The molecule has 1 saturated heterocycles. The van der Waals surface area contributed by atoms with Gasteiger partial charge in [0.05, 0.1) is 16.3 Å². The Morgan fingerprint density at radius 1 is 1.03 bits per heavy atom. The Balaban J connectivity index is 1.64. The second kappa shape index (κ2) is 9.05. The van der Waals surface area contributed by atoms with Crippen molar-refractivity contribution in [2.24, 2.45) is 0 Å². The molecule has 1 aliphatic rings. The number of halogens is 1. The Morgan fingerprint density at radius 2 is 1.78 bits per heavy atom. The molecule has 1 N–H and O–H groups in total. The maximum absolute atomic E-state index is 13.2. The molecule has 2 heterocycles. The lowest BCUT2D eigenvalue weighted by Gasteiger charge is -2.26. The molecule has 0 spiro atoms. The van der Waals surface area contributed by atoms with E-state index in [1.165, 1.54) is 10.4 Å². The number of aromatic nitrogens is 2. The van der Waals surface area contributed by atoms with Crippen molar-refractivity contribution in [3.63, 3.8) is 0 Å². The number of nitrogens with zero attached hydrogens (tertiary/aromatic N) is 3. The SMILES string of the molecule is Cc1cc(NC(=O)c2cc(S(=O)(=O)N3CCCCC3)ccc2C)n(-c2cccc(Cl)c2)n1. The van der Waals surface area contributed by atoms with Gasteiger partial charge in [-0.15, -0.1) is 0 Å². The first kappa shape index (κ1) is 22.5. The van der Waals surface area contributed by atoms with Crippen molar-refractivity contribution in [2.75, 3.05) is 18.4 Å². The normalized spacial score (nSPS) is 15.0. The summed E-state index contributed by atoms with van der Waals surface area (Å²) >= 11 is 6.11. The molecule has 1 aromatic heterocycles. The van der Waals surface area contributed by atoms with E-state index in [9.17, 15) is 13.2 Å². The number of anilines is 1. The first-order chi connectivity index (χ1) is 15.3. The fourth-order valence-corrected chi connectivity index (χ4v) is 5.57. The monoisotopic (exact) mass is 472 g/mol. The molecular formula is C23H25ClN4O3S. The van der Waals surface area contributed by atoms with E-state index in [0.717, 1.165) is 25.0 Å². The number of aryl methyl sites for hydroxylation is 2. The average Bonchev–Trinajstić information content (AvgIpc) is 3.14. The van der Waals surface area contributed by atoms with E-state index < -0.39 is 15.9 Å². The molecule has 0 saturated carbocycles.